The van der Waals surface area contributed by atoms with Crippen LogP contribution < -0.4 is 0 Å². The second-order valence-electron chi connectivity index (χ2n) is 3.64. The Bertz CT molecular complexity index is 372. The zero-order valence-electron chi connectivity index (χ0n) is 9.99. The smallest absolute Gasteiger partial charge is 0.307 e. The zero-order chi connectivity index (χ0) is 12.1. The van der Waals surface area contributed by atoms with Crippen molar-refractivity contribution in [2.75, 3.05) is 13.2 Å². The molecule has 1 heterocycles. The minimum atomic E-state index is -0.824. The largest absolute Gasteiger partial charge is 0.481 e. The third-order valence-electron chi connectivity index (χ3n) is 2.51. The first kappa shape index (κ1) is 12.7. The Balaban J connectivity index is 2.76. The number of hydrogen-bond donors (Lipinski definition) is 1. The molecule has 0 aliphatic carbocycles. The number of ether oxygens (including phenoxy) is 1. The molecular formula is C11H18N2O3. The number of carboxylic acid groups (broad SMARTS) is 1. The molecule has 0 atom stereocenters. The van der Waals surface area contributed by atoms with Gasteiger partial charge in [0.25, 0.3) is 0 Å². The van der Waals surface area contributed by atoms with E-state index in [0.29, 0.717) is 19.8 Å². The number of aliphatic carboxylic acids is 1. The lowest BCUT2D eigenvalue weighted by Crippen LogP contribution is -2.09. The van der Waals surface area contributed by atoms with E-state index in [1.165, 1.54) is 0 Å². The Kier molecular flexibility index (Phi) is 4.49. The molecule has 0 saturated carbocycles. The van der Waals surface area contributed by atoms with Crippen LogP contribution in [0.4, 0.5) is 0 Å². The van der Waals surface area contributed by atoms with Crippen molar-refractivity contribution in [1.82, 2.24) is 9.78 Å². The number of carbonyl (C=O) groups is 1. The maximum absolute atomic E-state index is 10.7. The number of nitrogens with zero attached hydrogens (tertiary/aromatic N) is 2. The standard InChI is InChI=1S/C11H18N2O3/c1-4-16-6-5-13-9(3)10(7-11(14)15)8(2)12-13/h4-7H2,1-3H3,(H,14,15). The maximum atomic E-state index is 10.7. The van der Waals surface area contributed by atoms with Crippen LogP contribution in [0, 0.1) is 13.8 Å². The Morgan fingerprint density at radius 1 is 1.50 bits per heavy atom. The molecule has 0 radical (unpaired) electrons. The minimum Gasteiger partial charge on any atom is -0.481 e. The highest BCUT2D eigenvalue weighted by molar-refractivity contribution is 5.70. The molecule has 90 valence electrons. The van der Waals surface area contributed by atoms with Gasteiger partial charge in [0, 0.05) is 17.9 Å². The van der Waals surface area contributed by atoms with Crippen LogP contribution in [0.15, 0.2) is 0 Å². The molecule has 0 spiro atoms. The third kappa shape index (κ3) is 3.06. The quantitative estimate of drug-likeness (QED) is 0.739. The van der Waals surface area contributed by atoms with Gasteiger partial charge in [-0.05, 0) is 20.8 Å². The van der Waals surface area contributed by atoms with Gasteiger partial charge in [-0.15, -0.1) is 0 Å². The van der Waals surface area contributed by atoms with Crippen molar-refractivity contribution in [3.63, 3.8) is 0 Å². The van der Waals surface area contributed by atoms with Crippen LogP contribution in [-0.2, 0) is 22.5 Å². The lowest BCUT2D eigenvalue weighted by Gasteiger charge is -2.04. The molecule has 0 aliphatic rings. The maximum Gasteiger partial charge on any atom is 0.307 e. The first-order valence-electron chi connectivity index (χ1n) is 5.38. The predicted octanol–water partition coefficient (Wildman–Crippen LogP) is 1.16. The van der Waals surface area contributed by atoms with E-state index in [0.717, 1.165) is 17.0 Å². The molecule has 0 fully saturated rings. The summed E-state index contributed by atoms with van der Waals surface area (Å²) in [5.41, 5.74) is 2.51. The summed E-state index contributed by atoms with van der Waals surface area (Å²) in [6.07, 6.45) is 0.0340. The summed E-state index contributed by atoms with van der Waals surface area (Å²) in [7, 11) is 0. The summed E-state index contributed by atoms with van der Waals surface area (Å²) < 4.78 is 7.05. The van der Waals surface area contributed by atoms with E-state index in [2.05, 4.69) is 5.10 Å². The Hall–Kier alpha value is -1.36. The molecule has 5 nitrogen and oxygen atoms in total. The van der Waals surface area contributed by atoms with Crippen LogP contribution in [0.1, 0.15) is 23.9 Å². The number of hydrogen-bond acceptors (Lipinski definition) is 3. The molecule has 0 amide bonds. The molecule has 0 bridgehead atoms. The SMILES string of the molecule is CCOCCn1nc(C)c(CC(=O)O)c1C. The Labute approximate surface area is 95.0 Å². The summed E-state index contributed by atoms with van der Waals surface area (Å²) in [5, 5.41) is 13.1. The van der Waals surface area contributed by atoms with Crippen LogP contribution in [0.25, 0.3) is 0 Å². The fourth-order valence-corrected chi connectivity index (χ4v) is 1.65. The van der Waals surface area contributed by atoms with Crippen LogP contribution in [0.5, 0.6) is 0 Å². The first-order valence-corrected chi connectivity index (χ1v) is 5.38. The number of carboxylic acids is 1. The zero-order valence-corrected chi connectivity index (χ0v) is 9.99. The van der Waals surface area contributed by atoms with Gasteiger partial charge in [-0.25, -0.2) is 0 Å². The van der Waals surface area contributed by atoms with E-state index in [1.54, 1.807) is 0 Å². The molecule has 0 aliphatic heterocycles. The molecule has 0 unspecified atom stereocenters. The van der Waals surface area contributed by atoms with Gasteiger partial charge in [0.05, 0.1) is 25.3 Å². The molecule has 0 aromatic carbocycles. The fourth-order valence-electron chi connectivity index (χ4n) is 1.65. The highest BCUT2D eigenvalue weighted by Crippen LogP contribution is 2.13. The Morgan fingerprint density at radius 2 is 2.19 bits per heavy atom. The topological polar surface area (TPSA) is 64.4 Å². The number of aromatic nitrogens is 2. The van der Waals surface area contributed by atoms with E-state index < -0.39 is 5.97 Å². The van der Waals surface area contributed by atoms with E-state index in [-0.39, 0.29) is 6.42 Å². The molecule has 1 aromatic rings. The summed E-state index contributed by atoms with van der Waals surface area (Å²) in [6.45, 7) is 7.62. The van der Waals surface area contributed by atoms with Crippen molar-refractivity contribution < 1.29 is 14.6 Å². The predicted molar refractivity (Wildman–Crippen MR) is 59.5 cm³/mol. The number of rotatable bonds is 6. The fraction of sp³-hybridized carbons (Fsp3) is 0.636. The summed E-state index contributed by atoms with van der Waals surface area (Å²) in [6, 6.07) is 0. The highest BCUT2D eigenvalue weighted by atomic mass is 16.5. The van der Waals surface area contributed by atoms with Gasteiger partial charge in [0.1, 0.15) is 0 Å². The van der Waals surface area contributed by atoms with Gasteiger partial charge in [-0.3, -0.25) is 9.48 Å². The molecule has 1 aromatic heterocycles. The first-order chi connectivity index (χ1) is 7.56. The summed E-state index contributed by atoms with van der Waals surface area (Å²) in [4.78, 5) is 10.7. The average Bonchev–Trinajstić information content (AvgIpc) is 2.46. The molecule has 1 N–H and O–H groups in total. The third-order valence-corrected chi connectivity index (χ3v) is 2.51. The molecule has 5 heteroatoms. The second kappa shape index (κ2) is 5.65. The van der Waals surface area contributed by atoms with E-state index in [1.807, 2.05) is 25.5 Å². The average molecular weight is 226 g/mol. The van der Waals surface area contributed by atoms with E-state index in [9.17, 15) is 4.79 Å². The van der Waals surface area contributed by atoms with Crippen LogP contribution in [0.3, 0.4) is 0 Å². The Morgan fingerprint density at radius 3 is 2.75 bits per heavy atom. The van der Waals surface area contributed by atoms with Crippen molar-refractivity contribution in [2.24, 2.45) is 0 Å². The van der Waals surface area contributed by atoms with Gasteiger partial charge in [-0.2, -0.15) is 5.10 Å². The van der Waals surface area contributed by atoms with Crippen LogP contribution in [0.2, 0.25) is 0 Å². The minimum absolute atomic E-state index is 0.0340. The van der Waals surface area contributed by atoms with Gasteiger partial charge >= 0.3 is 5.97 Å². The van der Waals surface area contributed by atoms with Crippen molar-refractivity contribution >= 4 is 5.97 Å². The van der Waals surface area contributed by atoms with Gasteiger partial charge in [-0.1, -0.05) is 0 Å². The van der Waals surface area contributed by atoms with Gasteiger partial charge in [0.15, 0.2) is 0 Å². The molecule has 1 rings (SSSR count). The van der Waals surface area contributed by atoms with Crippen molar-refractivity contribution in [1.29, 1.82) is 0 Å². The van der Waals surface area contributed by atoms with Gasteiger partial charge in [0.2, 0.25) is 0 Å². The van der Waals surface area contributed by atoms with Gasteiger partial charge < -0.3 is 9.84 Å². The monoisotopic (exact) mass is 226 g/mol. The number of aryl methyl sites for hydroxylation is 1. The lowest BCUT2D eigenvalue weighted by atomic mass is 10.1. The van der Waals surface area contributed by atoms with Crippen molar-refractivity contribution in [3.05, 3.63) is 17.0 Å². The summed E-state index contributed by atoms with van der Waals surface area (Å²) >= 11 is 0. The molecule has 16 heavy (non-hydrogen) atoms. The molecular weight excluding hydrogens is 208 g/mol. The van der Waals surface area contributed by atoms with E-state index >= 15 is 0 Å². The molecule has 0 saturated heterocycles. The second-order valence-corrected chi connectivity index (χ2v) is 3.64. The van der Waals surface area contributed by atoms with Crippen LogP contribution >= 0.6 is 0 Å². The lowest BCUT2D eigenvalue weighted by molar-refractivity contribution is -0.136. The van der Waals surface area contributed by atoms with Crippen molar-refractivity contribution in [2.45, 2.75) is 33.7 Å². The van der Waals surface area contributed by atoms with Crippen LogP contribution in [-0.4, -0.2) is 34.1 Å². The summed E-state index contributed by atoms with van der Waals surface area (Å²) in [5.74, 6) is -0.824. The van der Waals surface area contributed by atoms with E-state index in [4.69, 9.17) is 9.84 Å². The van der Waals surface area contributed by atoms with Crippen molar-refractivity contribution in [3.8, 4) is 0 Å². The highest BCUT2D eigenvalue weighted by Gasteiger charge is 2.13. The normalized spacial score (nSPS) is 10.7.